The van der Waals surface area contributed by atoms with Gasteiger partial charge in [0.15, 0.2) is 0 Å². The van der Waals surface area contributed by atoms with Gasteiger partial charge < -0.3 is 5.73 Å². The smallest absolute Gasteiger partial charge is 0.0454 e. The summed E-state index contributed by atoms with van der Waals surface area (Å²) in [6.07, 6.45) is 7.14. The monoisotopic (exact) mass is 277 g/mol. The molecule has 2 fully saturated rings. The van der Waals surface area contributed by atoms with E-state index in [1.165, 1.54) is 46.4 Å². The molecule has 0 aromatic carbocycles. The summed E-state index contributed by atoms with van der Waals surface area (Å²) in [7, 11) is 0. The average molecular weight is 277 g/mol. The van der Waals surface area contributed by atoms with E-state index in [9.17, 15) is 0 Å². The van der Waals surface area contributed by atoms with Gasteiger partial charge in [-0.3, -0.25) is 0 Å². The first-order valence-corrected chi connectivity index (χ1v) is 8.71. The summed E-state index contributed by atoms with van der Waals surface area (Å²) < 4.78 is 2.83. The highest BCUT2D eigenvalue weighted by Crippen LogP contribution is 2.51. The zero-order valence-corrected chi connectivity index (χ0v) is 12.1. The lowest BCUT2D eigenvalue weighted by Gasteiger charge is -2.24. The molecular formula is C15H19NS2. The molecule has 0 spiro atoms. The Morgan fingerprint density at radius 2 is 2.22 bits per heavy atom. The minimum absolute atomic E-state index is 0.277. The first-order chi connectivity index (χ1) is 8.79. The van der Waals surface area contributed by atoms with Crippen molar-refractivity contribution in [1.29, 1.82) is 0 Å². The van der Waals surface area contributed by atoms with E-state index >= 15 is 0 Å². The second-order valence-electron chi connectivity index (χ2n) is 6.08. The molecule has 2 aliphatic rings. The Morgan fingerprint density at radius 3 is 2.94 bits per heavy atom. The van der Waals surface area contributed by atoms with Gasteiger partial charge in [0.2, 0.25) is 0 Å². The molecule has 3 heteroatoms. The van der Waals surface area contributed by atoms with E-state index in [0.717, 1.165) is 17.8 Å². The minimum atomic E-state index is 0.277. The summed E-state index contributed by atoms with van der Waals surface area (Å²) in [5.74, 6) is 2.96. The van der Waals surface area contributed by atoms with Crippen molar-refractivity contribution >= 4 is 32.1 Å². The van der Waals surface area contributed by atoms with Gasteiger partial charge in [-0.15, -0.1) is 22.7 Å². The van der Waals surface area contributed by atoms with E-state index in [0.29, 0.717) is 0 Å². The van der Waals surface area contributed by atoms with E-state index in [1.54, 1.807) is 0 Å². The molecule has 0 radical (unpaired) electrons. The second kappa shape index (κ2) is 4.32. The SMILES string of the molecule is NC(CC1CC2CCC1C2)c1cc2sccc2s1. The number of nitrogens with two attached hydrogens (primary N) is 1. The molecule has 0 aliphatic heterocycles. The fraction of sp³-hybridized carbons (Fsp3) is 0.600. The third-order valence-electron chi connectivity index (χ3n) is 4.97. The Kier molecular flexibility index (Phi) is 2.75. The standard InChI is InChI=1S/C15H19NS2/c16-12(7-11-6-9-1-2-10(11)5-9)14-8-15-13(18-14)3-4-17-15/h3-4,8-12H,1-2,5-7,16H2. The predicted molar refractivity (Wildman–Crippen MR) is 80.2 cm³/mol. The lowest BCUT2D eigenvalue weighted by Crippen LogP contribution is -2.18. The van der Waals surface area contributed by atoms with Crippen LogP contribution in [0.5, 0.6) is 0 Å². The third kappa shape index (κ3) is 1.84. The molecule has 2 aliphatic carbocycles. The summed E-state index contributed by atoms with van der Waals surface area (Å²) in [4.78, 5) is 1.40. The Labute approximate surface area is 116 Å². The van der Waals surface area contributed by atoms with Gasteiger partial charge in [-0.2, -0.15) is 0 Å². The van der Waals surface area contributed by atoms with Crippen LogP contribution in [0.1, 0.15) is 43.0 Å². The Hall–Kier alpha value is -0.380. The van der Waals surface area contributed by atoms with Crippen molar-refractivity contribution in [3.63, 3.8) is 0 Å². The van der Waals surface area contributed by atoms with Crippen molar-refractivity contribution in [3.05, 3.63) is 22.4 Å². The normalized spacial score (nSPS) is 32.4. The molecule has 18 heavy (non-hydrogen) atoms. The number of fused-ring (bicyclic) bond motifs is 3. The maximum Gasteiger partial charge on any atom is 0.0454 e. The number of hydrogen-bond donors (Lipinski definition) is 1. The summed E-state index contributed by atoms with van der Waals surface area (Å²) in [5.41, 5.74) is 6.44. The second-order valence-corrected chi connectivity index (χ2v) is 8.14. The van der Waals surface area contributed by atoms with Crippen LogP contribution in [0, 0.1) is 17.8 Å². The fourth-order valence-corrected chi connectivity index (χ4v) is 6.21. The largest absolute Gasteiger partial charge is 0.323 e. The molecule has 2 aromatic rings. The van der Waals surface area contributed by atoms with Crippen molar-refractivity contribution in [3.8, 4) is 0 Å². The maximum absolute atomic E-state index is 6.44. The molecule has 96 valence electrons. The Balaban J connectivity index is 1.49. The first-order valence-electron chi connectivity index (χ1n) is 7.02. The highest BCUT2D eigenvalue weighted by atomic mass is 32.1. The zero-order chi connectivity index (χ0) is 12.1. The predicted octanol–water partition coefficient (Wildman–Crippen LogP) is 4.79. The fourth-order valence-electron chi connectivity index (χ4n) is 4.07. The van der Waals surface area contributed by atoms with Crippen LogP contribution in [-0.2, 0) is 0 Å². The molecular weight excluding hydrogens is 258 g/mol. The van der Waals surface area contributed by atoms with Gasteiger partial charge in [0.05, 0.1) is 0 Å². The molecule has 0 saturated heterocycles. The van der Waals surface area contributed by atoms with Crippen LogP contribution in [0.2, 0.25) is 0 Å². The van der Waals surface area contributed by atoms with Gasteiger partial charge >= 0.3 is 0 Å². The molecule has 2 bridgehead atoms. The molecule has 2 N–H and O–H groups in total. The van der Waals surface area contributed by atoms with Gasteiger partial charge in [-0.25, -0.2) is 0 Å². The van der Waals surface area contributed by atoms with E-state index in [2.05, 4.69) is 17.5 Å². The van der Waals surface area contributed by atoms with Crippen molar-refractivity contribution in [2.45, 2.75) is 38.1 Å². The van der Waals surface area contributed by atoms with Gasteiger partial charge in [-0.05, 0) is 60.9 Å². The first kappa shape index (κ1) is 11.4. The molecule has 4 atom stereocenters. The van der Waals surface area contributed by atoms with Crippen LogP contribution in [-0.4, -0.2) is 0 Å². The average Bonchev–Trinajstić information content (AvgIpc) is 3.08. The van der Waals surface area contributed by atoms with Crippen LogP contribution in [0.15, 0.2) is 17.5 Å². The van der Waals surface area contributed by atoms with Crippen LogP contribution >= 0.6 is 22.7 Å². The lowest BCUT2D eigenvalue weighted by atomic mass is 9.84. The van der Waals surface area contributed by atoms with E-state index in [-0.39, 0.29) is 6.04 Å². The van der Waals surface area contributed by atoms with Crippen molar-refractivity contribution in [1.82, 2.24) is 0 Å². The van der Waals surface area contributed by atoms with Gasteiger partial charge in [0.25, 0.3) is 0 Å². The number of rotatable bonds is 3. The molecule has 4 rings (SSSR count). The molecule has 0 amide bonds. The Morgan fingerprint density at radius 1 is 1.28 bits per heavy atom. The molecule has 2 heterocycles. The van der Waals surface area contributed by atoms with Gasteiger partial charge in [-0.1, -0.05) is 6.42 Å². The van der Waals surface area contributed by atoms with Crippen LogP contribution in [0.3, 0.4) is 0 Å². The van der Waals surface area contributed by atoms with E-state index in [4.69, 9.17) is 5.73 Å². The van der Waals surface area contributed by atoms with Crippen LogP contribution < -0.4 is 5.73 Å². The topological polar surface area (TPSA) is 26.0 Å². The quantitative estimate of drug-likeness (QED) is 0.857. The maximum atomic E-state index is 6.44. The van der Waals surface area contributed by atoms with E-state index in [1.807, 2.05) is 22.7 Å². The molecule has 2 saturated carbocycles. The van der Waals surface area contributed by atoms with Gasteiger partial charge in [0.1, 0.15) is 0 Å². The zero-order valence-electron chi connectivity index (χ0n) is 10.5. The summed E-state index contributed by atoms with van der Waals surface area (Å²) in [5, 5.41) is 2.17. The molecule has 1 nitrogen and oxygen atoms in total. The third-order valence-corrected chi connectivity index (χ3v) is 7.19. The van der Waals surface area contributed by atoms with Crippen LogP contribution in [0.25, 0.3) is 9.40 Å². The van der Waals surface area contributed by atoms with Gasteiger partial charge in [0, 0.05) is 20.3 Å². The summed E-state index contributed by atoms with van der Waals surface area (Å²) in [6.45, 7) is 0. The summed E-state index contributed by atoms with van der Waals surface area (Å²) in [6, 6.07) is 4.82. The van der Waals surface area contributed by atoms with Crippen LogP contribution in [0.4, 0.5) is 0 Å². The number of hydrogen-bond acceptors (Lipinski definition) is 3. The molecule has 2 aromatic heterocycles. The Bertz CT molecular complexity index is 527. The number of thiophene rings is 2. The minimum Gasteiger partial charge on any atom is -0.323 e. The van der Waals surface area contributed by atoms with Crippen molar-refractivity contribution in [2.24, 2.45) is 23.5 Å². The highest BCUT2D eigenvalue weighted by Gasteiger charge is 2.39. The lowest BCUT2D eigenvalue weighted by molar-refractivity contribution is 0.297. The highest BCUT2D eigenvalue weighted by molar-refractivity contribution is 7.26. The summed E-state index contributed by atoms with van der Waals surface area (Å²) >= 11 is 3.74. The van der Waals surface area contributed by atoms with E-state index < -0.39 is 0 Å². The van der Waals surface area contributed by atoms with Crippen molar-refractivity contribution < 1.29 is 0 Å². The molecule has 4 unspecified atom stereocenters. The van der Waals surface area contributed by atoms with Crippen molar-refractivity contribution in [2.75, 3.05) is 0 Å².